The van der Waals surface area contributed by atoms with Gasteiger partial charge in [-0.2, -0.15) is 0 Å². The molecule has 1 aromatic carbocycles. The molecule has 35 heavy (non-hydrogen) atoms. The molecule has 3 atom stereocenters. The van der Waals surface area contributed by atoms with E-state index in [1.54, 1.807) is 0 Å². The molecule has 7 heteroatoms. The lowest BCUT2D eigenvalue weighted by Crippen LogP contribution is -2.55. The van der Waals surface area contributed by atoms with E-state index in [2.05, 4.69) is 52.1 Å². The van der Waals surface area contributed by atoms with Gasteiger partial charge in [-0.25, -0.2) is 4.79 Å². The molecule has 1 saturated heterocycles. The number of urea groups is 1. The molecular weight excluding hydrogens is 438 g/mol. The van der Waals surface area contributed by atoms with Gasteiger partial charge in [-0.1, -0.05) is 26.0 Å². The summed E-state index contributed by atoms with van der Waals surface area (Å²) in [5, 5.41) is 4.25. The molecule has 0 spiro atoms. The zero-order chi connectivity index (χ0) is 25.1. The lowest BCUT2D eigenvalue weighted by molar-refractivity contribution is -0.135. The molecule has 2 aliphatic rings. The van der Waals surface area contributed by atoms with Crippen molar-refractivity contribution in [3.05, 3.63) is 35.0 Å². The summed E-state index contributed by atoms with van der Waals surface area (Å²) in [4.78, 5) is 36.6. The second-order valence-electron chi connectivity index (χ2n) is 10.5. The first kappa shape index (κ1) is 25.7. The number of rotatable bonds is 9. The first-order valence-corrected chi connectivity index (χ1v) is 13.5. The number of aromatic nitrogens is 1. The van der Waals surface area contributed by atoms with Crippen molar-refractivity contribution in [3.8, 4) is 0 Å². The number of likely N-dealkylation sites (tertiary alicyclic amines) is 1. The maximum atomic E-state index is 13.9. The third-order valence-corrected chi connectivity index (χ3v) is 7.83. The zero-order valence-corrected chi connectivity index (χ0v) is 22.2. The fourth-order valence-electron chi connectivity index (χ4n) is 6.31. The minimum atomic E-state index is -0.258. The molecule has 1 aliphatic carbocycles. The van der Waals surface area contributed by atoms with Gasteiger partial charge in [0.05, 0.1) is 5.92 Å². The maximum absolute atomic E-state index is 13.9. The first-order valence-electron chi connectivity index (χ1n) is 13.5. The van der Waals surface area contributed by atoms with Gasteiger partial charge in [-0.15, -0.1) is 0 Å². The van der Waals surface area contributed by atoms with Crippen molar-refractivity contribution >= 4 is 22.8 Å². The average molecular weight is 482 g/mol. The number of benzene rings is 1. The number of carbonyl (C=O) groups excluding carboxylic acids is 2. The third-order valence-electron chi connectivity index (χ3n) is 7.83. The number of hydrogen-bond donors (Lipinski definition) is 2. The molecule has 2 heterocycles. The Labute approximate surface area is 210 Å². The number of imide groups is 1. The first-order chi connectivity index (χ1) is 16.9. The van der Waals surface area contributed by atoms with Crippen LogP contribution in [0.4, 0.5) is 4.79 Å². The molecule has 1 fully saturated rings. The van der Waals surface area contributed by atoms with Crippen molar-refractivity contribution in [1.82, 2.24) is 25.0 Å². The molecule has 4 rings (SSSR count). The van der Waals surface area contributed by atoms with Gasteiger partial charge >= 0.3 is 6.03 Å². The minimum absolute atomic E-state index is 0.0180. The Hall–Kier alpha value is -2.38. The third kappa shape index (κ3) is 5.12. The summed E-state index contributed by atoms with van der Waals surface area (Å²) in [5.74, 6) is 0.112. The zero-order valence-electron chi connectivity index (χ0n) is 22.2. The van der Waals surface area contributed by atoms with Crippen LogP contribution in [0.5, 0.6) is 0 Å². The number of carbonyl (C=O) groups is 2. The highest BCUT2D eigenvalue weighted by molar-refractivity contribution is 5.96. The molecule has 1 unspecified atom stereocenters. The van der Waals surface area contributed by atoms with Gasteiger partial charge in [-0.05, 0) is 83.4 Å². The Balaban J connectivity index is 1.65. The summed E-state index contributed by atoms with van der Waals surface area (Å²) in [6, 6.07) is 6.75. The van der Waals surface area contributed by atoms with E-state index in [9.17, 15) is 9.59 Å². The van der Waals surface area contributed by atoms with E-state index in [4.69, 9.17) is 0 Å². The van der Waals surface area contributed by atoms with Crippen LogP contribution < -0.4 is 5.32 Å². The number of fused-ring (bicyclic) bond motifs is 2. The standard InChI is InChI=1S/C28H43N5O2/c1-6-13-32-18-19(27(34)33(28(35)29-8-3)15-10-14-31(4)5)16-21-20-11-9-12-24-26(20)22(17-25(21)32)23(7-2)30-24/h9,11-12,19,21,25,30H,6-8,10,13-18H2,1-5H3,(H,29,35)/t19-,21?,25-/m1/s1. The van der Waals surface area contributed by atoms with Crippen LogP contribution in [0.1, 0.15) is 62.8 Å². The number of amides is 3. The maximum Gasteiger partial charge on any atom is 0.324 e. The summed E-state index contributed by atoms with van der Waals surface area (Å²) in [6.45, 7) is 9.86. The number of aromatic amines is 1. The average Bonchev–Trinajstić information content (AvgIpc) is 3.20. The van der Waals surface area contributed by atoms with E-state index in [1.807, 2.05) is 21.0 Å². The van der Waals surface area contributed by atoms with E-state index in [-0.39, 0.29) is 17.9 Å². The SMILES string of the molecule is CCCN1C[C@H](C(=O)N(CCCN(C)C)C(=O)NCC)CC2c3cccc4[nH]c(CC)c(c34)C[C@H]21. The molecule has 3 amide bonds. The van der Waals surface area contributed by atoms with Crippen LogP contribution in [0.15, 0.2) is 18.2 Å². The number of nitrogens with zero attached hydrogens (tertiary/aromatic N) is 3. The van der Waals surface area contributed by atoms with Crippen molar-refractivity contribution < 1.29 is 9.59 Å². The second kappa shape index (κ2) is 11.1. The largest absolute Gasteiger partial charge is 0.358 e. The number of nitrogens with one attached hydrogen (secondary N) is 2. The number of aryl methyl sites for hydroxylation is 1. The Morgan fingerprint density at radius 2 is 1.97 bits per heavy atom. The Kier molecular flexibility index (Phi) is 8.17. The van der Waals surface area contributed by atoms with Crippen molar-refractivity contribution in [2.24, 2.45) is 5.92 Å². The molecule has 1 aromatic heterocycles. The summed E-state index contributed by atoms with van der Waals surface area (Å²) in [6.07, 6.45) is 4.67. The fourth-order valence-corrected chi connectivity index (χ4v) is 6.31. The van der Waals surface area contributed by atoms with Gasteiger partial charge in [0.15, 0.2) is 0 Å². The lowest BCUT2D eigenvalue weighted by Gasteiger charge is -2.47. The van der Waals surface area contributed by atoms with Gasteiger partial charge in [0.2, 0.25) is 5.91 Å². The van der Waals surface area contributed by atoms with Gasteiger partial charge in [0.1, 0.15) is 0 Å². The molecule has 2 N–H and O–H groups in total. The van der Waals surface area contributed by atoms with Gasteiger partial charge in [0, 0.05) is 48.2 Å². The van der Waals surface area contributed by atoms with Crippen molar-refractivity contribution in [3.63, 3.8) is 0 Å². The van der Waals surface area contributed by atoms with Crippen LogP contribution in [0.2, 0.25) is 0 Å². The minimum Gasteiger partial charge on any atom is -0.358 e. The predicted octanol–water partition coefficient (Wildman–Crippen LogP) is 3.98. The molecule has 0 bridgehead atoms. The Morgan fingerprint density at radius 1 is 1.17 bits per heavy atom. The van der Waals surface area contributed by atoms with Gasteiger partial charge < -0.3 is 15.2 Å². The monoisotopic (exact) mass is 481 g/mol. The normalized spacial score (nSPS) is 21.8. The van der Waals surface area contributed by atoms with Crippen molar-refractivity contribution in [2.75, 3.05) is 46.8 Å². The number of H-pyrrole nitrogens is 1. The lowest BCUT2D eigenvalue weighted by atomic mass is 9.71. The number of hydrogen-bond acceptors (Lipinski definition) is 4. The van der Waals surface area contributed by atoms with Crippen LogP contribution in [0, 0.1) is 5.92 Å². The summed E-state index contributed by atoms with van der Waals surface area (Å²) >= 11 is 0. The molecule has 7 nitrogen and oxygen atoms in total. The summed E-state index contributed by atoms with van der Waals surface area (Å²) < 4.78 is 0. The van der Waals surface area contributed by atoms with E-state index in [0.717, 1.165) is 51.7 Å². The second-order valence-corrected chi connectivity index (χ2v) is 10.5. The van der Waals surface area contributed by atoms with Crippen LogP contribution in [0.3, 0.4) is 0 Å². The van der Waals surface area contributed by atoms with Gasteiger partial charge in [-0.3, -0.25) is 14.6 Å². The predicted molar refractivity (Wildman–Crippen MR) is 142 cm³/mol. The van der Waals surface area contributed by atoms with Crippen LogP contribution in [-0.4, -0.2) is 84.5 Å². The van der Waals surface area contributed by atoms with E-state index in [0.29, 0.717) is 25.0 Å². The molecule has 192 valence electrons. The van der Waals surface area contributed by atoms with Crippen LogP contribution in [0.25, 0.3) is 10.9 Å². The highest BCUT2D eigenvalue weighted by Gasteiger charge is 2.44. The van der Waals surface area contributed by atoms with E-state index >= 15 is 0 Å². The van der Waals surface area contributed by atoms with Crippen LogP contribution in [-0.2, 0) is 17.6 Å². The Morgan fingerprint density at radius 3 is 2.66 bits per heavy atom. The quantitative estimate of drug-likeness (QED) is 0.568. The van der Waals surface area contributed by atoms with E-state index in [1.165, 1.54) is 32.6 Å². The molecule has 0 radical (unpaired) electrons. The van der Waals surface area contributed by atoms with Crippen LogP contribution >= 0.6 is 0 Å². The topological polar surface area (TPSA) is 71.7 Å². The summed E-state index contributed by atoms with van der Waals surface area (Å²) in [5.41, 5.74) is 5.41. The molecule has 0 saturated carbocycles. The van der Waals surface area contributed by atoms with Gasteiger partial charge in [0.25, 0.3) is 0 Å². The smallest absolute Gasteiger partial charge is 0.324 e. The Bertz CT molecular complexity index is 1050. The van der Waals surface area contributed by atoms with Crippen molar-refractivity contribution in [1.29, 1.82) is 0 Å². The number of piperidine rings is 1. The highest BCUT2D eigenvalue weighted by atomic mass is 16.2. The summed E-state index contributed by atoms with van der Waals surface area (Å²) in [7, 11) is 4.04. The molecule has 2 aromatic rings. The fraction of sp³-hybridized carbons (Fsp3) is 0.643. The molecular formula is C28H43N5O2. The van der Waals surface area contributed by atoms with E-state index < -0.39 is 0 Å². The molecule has 1 aliphatic heterocycles. The van der Waals surface area contributed by atoms with Crippen molar-refractivity contribution in [2.45, 2.75) is 64.8 Å². The highest BCUT2D eigenvalue weighted by Crippen LogP contribution is 2.46.